The topological polar surface area (TPSA) is 100 Å². The Morgan fingerprint density at radius 2 is 1.86 bits per heavy atom. The van der Waals surface area contributed by atoms with E-state index >= 15 is 0 Å². The van der Waals surface area contributed by atoms with Crippen LogP contribution in [0.2, 0.25) is 0 Å². The number of nitrogens with one attached hydrogen (secondary N) is 2. The molecule has 0 aliphatic heterocycles. The molecule has 1 amide bonds. The molecule has 0 heterocycles. The van der Waals surface area contributed by atoms with Gasteiger partial charge in [-0.25, -0.2) is 15.1 Å². The summed E-state index contributed by atoms with van der Waals surface area (Å²) >= 11 is 0. The molecule has 0 aliphatic rings. The van der Waals surface area contributed by atoms with Gasteiger partial charge in [0, 0.05) is 5.69 Å². The van der Waals surface area contributed by atoms with Crippen molar-refractivity contribution in [2.45, 2.75) is 25.6 Å². The highest BCUT2D eigenvalue weighted by Gasteiger charge is 2.35. The van der Waals surface area contributed by atoms with E-state index in [1.807, 2.05) is 0 Å². The number of aliphatic hydroxyl groups is 1. The summed E-state index contributed by atoms with van der Waals surface area (Å²) in [7, 11) is 0. The smallest absolute Gasteiger partial charge is 0.418 e. The summed E-state index contributed by atoms with van der Waals surface area (Å²) < 4.78 is 57.8. The zero-order valence-electron chi connectivity index (χ0n) is 15.3. The molecule has 2 aromatic rings. The maximum Gasteiger partial charge on any atom is 0.418 e. The van der Waals surface area contributed by atoms with Crippen molar-refractivity contribution >= 4 is 17.3 Å². The van der Waals surface area contributed by atoms with Crippen molar-refractivity contribution in [2.24, 2.45) is 0 Å². The molecule has 7 nitrogen and oxygen atoms in total. The maximum atomic E-state index is 13.1. The van der Waals surface area contributed by atoms with Gasteiger partial charge in [0.1, 0.15) is 18.2 Å². The number of carbonyl (C=O) groups is 1. The highest BCUT2D eigenvalue weighted by Crippen LogP contribution is 2.36. The van der Waals surface area contributed by atoms with Crippen LogP contribution >= 0.6 is 0 Å². The van der Waals surface area contributed by atoms with E-state index in [1.165, 1.54) is 12.1 Å². The molecule has 0 bridgehead atoms. The molecule has 0 saturated carbocycles. The SMILES string of the molecule is Cc1cc(F)ccc1OC[C@@](C)(O)C(=O)Nc1ccc(NOO)c(C(F)(F)F)c1. The fraction of sp³-hybridized carbons (Fsp3) is 0.278. The fourth-order valence-corrected chi connectivity index (χ4v) is 2.32. The van der Waals surface area contributed by atoms with Crippen molar-refractivity contribution in [1.82, 2.24) is 0 Å². The summed E-state index contributed by atoms with van der Waals surface area (Å²) in [6, 6.07) is 6.29. The number of benzene rings is 2. The van der Waals surface area contributed by atoms with Crippen LogP contribution in [0.3, 0.4) is 0 Å². The van der Waals surface area contributed by atoms with E-state index in [4.69, 9.17) is 9.99 Å². The van der Waals surface area contributed by atoms with Gasteiger partial charge in [-0.15, -0.1) is 4.99 Å². The van der Waals surface area contributed by atoms with Gasteiger partial charge >= 0.3 is 6.18 Å². The van der Waals surface area contributed by atoms with E-state index in [0.29, 0.717) is 11.6 Å². The first kappa shape index (κ1) is 22.4. The summed E-state index contributed by atoms with van der Waals surface area (Å²) in [4.78, 5) is 15.8. The first-order valence-corrected chi connectivity index (χ1v) is 8.14. The Hall–Kier alpha value is -2.89. The second-order valence-corrected chi connectivity index (χ2v) is 6.38. The lowest BCUT2D eigenvalue weighted by Crippen LogP contribution is -2.45. The number of alkyl halides is 3. The molecule has 0 saturated heterocycles. The van der Waals surface area contributed by atoms with Crippen LogP contribution in [0, 0.1) is 12.7 Å². The number of rotatable bonds is 7. The number of amides is 1. The van der Waals surface area contributed by atoms with E-state index in [0.717, 1.165) is 25.1 Å². The molecule has 4 N–H and O–H groups in total. The van der Waals surface area contributed by atoms with E-state index in [1.54, 1.807) is 12.4 Å². The van der Waals surface area contributed by atoms with Gasteiger partial charge in [-0.05, 0) is 55.8 Å². The number of halogens is 4. The molecule has 11 heteroatoms. The van der Waals surface area contributed by atoms with Gasteiger partial charge in [0.05, 0.1) is 11.3 Å². The van der Waals surface area contributed by atoms with Gasteiger partial charge in [-0.3, -0.25) is 4.79 Å². The minimum absolute atomic E-state index is 0.235. The Kier molecular flexibility index (Phi) is 6.67. The van der Waals surface area contributed by atoms with Crippen LogP contribution in [0.25, 0.3) is 0 Å². The summed E-state index contributed by atoms with van der Waals surface area (Å²) in [5, 5.41) is 20.8. The lowest BCUT2D eigenvalue weighted by atomic mass is 10.1. The van der Waals surface area contributed by atoms with Gasteiger partial charge < -0.3 is 15.2 Å². The third-order valence-corrected chi connectivity index (χ3v) is 3.87. The molecule has 0 radical (unpaired) electrons. The number of hydrogen-bond acceptors (Lipinski definition) is 6. The molecule has 0 aromatic heterocycles. The van der Waals surface area contributed by atoms with Crippen molar-refractivity contribution in [3.8, 4) is 5.75 Å². The maximum absolute atomic E-state index is 13.1. The Labute approximate surface area is 162 Å². The fourth-order valence-electron chi connectivity index (χ4n) is 2.32. The molecule has 0 unspecified atom stereocenters. The van der Waals surface area contributed by atoms with E-state index < -0.39 is 41.4 Å². The highest BCUT2D eigenvalue weighted by atomic mass is 19.4. The van der Waals surface area contributed by atoms with Crippen molar-refractivity contribution in [2.75, 3.05) is 17.4 Å². The Morgan fingerprint density at radius 3 is 2.45 bits per heavy atom. The van der Waals surface area contributed by atoms with Crippen LogP contribution in [0.4, 0.5) is 28.9 Å². The molecular formula is C18H18F4N2O5. The number of aryl methyl sites for hydroxylation is 1. The van der Waals surface area contributed by atoms with Crippen molar-refractivity contribution in [3.63, 3.8) is 0 Å². The minimum atomic E-state index is -4.81. The Morgan fingerprint density at radius 1 is 1.17 bits per heavy atom. The number of anilines is 2. The second-order valence-electron chi connectivity index (χ2n) is 6.38. The summed E-state index contributed by atoms with van der Waals surface area (Å²) in [5.41, 5.74) is -2.07. The highest BCUT2D eigenvalue weighted by molar-refractivity contribution is 5.97. The van der Waals surface area contributed by atoms with Gasteiger partial charge in [0.15, 0.2) is 5.60 Å². The largest absolute Gasteiger partial charge is 0.490 e. The first-order chi connectivity index (χ1) is 13.4. The zero-order valence-corrected chi connectivity index (χ0v) is 15.3. The van der Waals surface area contributed by atoms with E-state index in [9.17, 15) is 27.5 Å². The molecule has 0 aliphatic carbocycles. The molecule has 2 aromatic carbocycles. The minimum Gasteiger partial charge on any atom is -0.490 e. The molecule has 0 spiro atoms. The third-order valence-electron chi connectivity index (χ3n) is 3.87. The van der Waals surface area contributed by atoms with Crippen LogP contribution in [0.1, 0.15) is 18.1 Å². The van der Waals surface area contributed by atoms with Crippen LogP contribution in [-0.2, 0) is 16.0 Å². The molecule has 29 heavy (non-hydrogen) atoms. The standard InChI is InChI=1S/C18H18F4N2O5/c1-10-7-11(19)3-6-15(10)28-9-17(2,26)16(25)23-12-4-5-14(24-29-27)13(8-12)18(20,21)22/h3-8,24,26-27H,9H2,1-2H3,(H,23,25)/t17-/m1/s1. The average Bonchev–Trinajstić information content (AvgIpc) is 2.61. The molecule has 0 fully saturated rings. The van der Waals surface area contributed by atoms with Gasteiger partial charge in [-0.2, -0.15) is 13.2 Å². The summed E-state index contributed by atoms with van der Waals surface area (Å²) in [6.45, 7) is 2.15. The molecular weight excluding hydrogens is 400 g/mol. The molecule has 158 valence electrons. The van der Waals surface area contributed by atoms with Crippen molar-refractivity contribution in [1.29, 1.82) is 0 Å². The lowest BCUT2D eigenvalue weighted by molar-refractivity contribution is -0.216. The third kappa shape index (κ3) is 5.79. The predicted molar refractivity (Wildman–Crippen MR) is 94.7 cm³/mol. The van der Waals surface area contributed by atoms with Crippen molar-refractivity contribution in [3.05, 3.63) is 53.3 Å². The normalized spacial score (nSPS) is 13.5. The summed E-state index contributed by atoms with van der Waals surface area (Å²) in [5.74, 6) is -1.27. The van der Waals surface area contributed by atoms with Crippen LogP contribution in [0.15, 0.2) is 36.4 Å². The average molecular weight is 418 g/mol. The van der Waals surface area contributed by atoms with Crippen molar-refractivity contribution < 1.29 is 42.4 Å². The lowest BCUT2D eigenvalue weighted by Gasteiger charge is -2.23. The van der Waals surface area contributed by atoms with Gasteiger partial charge in [-0.1, -0.05) is 0 Å². The van der Waals surface area contributed by atoms with Crippen LogP contribution in [-0.4, -0.2) is 28.5 Å². The van der Waals surface area contributed by atoms with Gasteiger partial charge in [0.25, 0.3) is 5.91 Å². The monoisotopic (exact) mass is 418 g/mol. The number of ether oxygens (including phenoxy) is 1. The Balaban J connectivity index is 2.13. The van der Waals surface area contributed by atoms with E-state index in [2.05, 4.69) is 10.3 Å². The quantitative estimate of drug-likeness (QED) is 0.311. The predicted octanol–water partition coefficient (Wildman–Crippen LogP) is 3.74. The summed E-state index contributed by atoms with van der Waals surface area (Å²) in [6.07, 6.45) is -4.81. The van der Waals surface area contributed by atoms with Crippen LogP contribution in [0.5, 0.6) is 5.75 Å². The first-order valence-electron chi connectivity index (χ1n) is 8.14. The van der Waals surface area contributed by atoms with Gasteiger partial charge in [0.2, 0.25) is 0 Å². The number of hydrogen-bond donors (Lipinski definition) is 4. The molecule has 1 atom stereocenters. The van der Waals surface area contributed by atoms with Crippen LogP contribution < -0.4 is 15.5 Å². The number of carbonyl (C=O) groups excluding carboxylic acids is 1. The zero-order chi connectivity index (χ0) is 21.8. The molecule has 2 rings (SSSR count). The second kappa shape index (κ2) is 8.64. The van der Waals surface area contributed by atoms with E-state index in [-0.39, 0.29) is 11.4 Å². The Bertz CT molecular complexity index is 887.